The predicted molar refractivity (Wildman–Crippen MR) is 82.4 cm³/mol. The average molecular weight is 336 g/mol. The smallest absolute Gasteiger partial charge is 0.392 e. The number of benzene rings is 1. The van der Waals surface area contributed by atoms with Crippen LogP contribution >= 0.6 is 0 Å². The Morgan fingerprint density at radius 3 is 2.54 bits per heavy atom. The molecule has 0 amide bonds. The van der Waals surface area contributed by atoms with Crippen LogP contribution in [0, 0.1) is 0 Å². The second kappa shape index (κ2) is 6.12. The largest absolute Gasteiger partial charge is 0.416 e. The zero-order chi connectivity index (χ0) is 17.3. The number of nitrogens with zero attached hydrogens (tertiary/aromatic N) is 3. The molecule has 3 rings (SSSR count). The van der Waals surface area contributed by atoms with E-state index in [4.69, 9.17) is 0 Å². The van der Waals surface area contributed by atoms with Crippen LogP contribution in [0.5, 0.6) is 0 Å². The molecule has 2 heterocycles. The van der Waals surface area contributed by atoms with Gasteiger partial charge in [0.05, 0.1) is 12.2 Å². The van der Waals surface area contributed by atoms with E-state index in [9.17, 15) is 18.3 Å². The molecule has 0 aliphatic heterocycles. The van der Waals surface area contributed by atoms with Gasteiger partial charge in [0.25, 0.3) is 0 Å². The van der Waals surface area contributed by atoms with Gasteiger partial charge >= 0.3 is 6.18 Å². The molecule has 2 N–H and O–H groups in total. The molecule has 2 aromatic heterocycles. The van der Waals surface area contributed by atoms with Crippen LogP contribution in [0.3, 0.4) is 0 Å². The first kappa shape index (κ1) is 16.3. The van der Waals surface area contributed by atoms with Crippen LogP contribution in [-0.2, 0) is 12.8 Å². The summed E-state index contributed by atoms with van der Waals surface area (Å²) in [5.74, 6) is 0.599. The Labute approximate surface area is 135 Å². The Kier molecular flexibility index (Phi) is 4.15. The predicted octanol–water partition coefficient (Wildman–Crippen LogP) is 3.41. The maximum Gasteiger partial charge on any atom is 0.416 e. The minimum Gasteiger partial charge on any atom is -0.392 e. The molecule has 24 heavy (non-hydrogen) atoms. The van der Waals surface area contributed by atoms with E-state index >= 15 is 0 Å². The zero-order valence-electron chi connectivity index (χ0n) is 12.7. The Balaban J connectivity index is 1.87. The summed E-state index contributed by atoms with van der Waals surface area (Å²) in [6, 6.07) is 8.17. The number of aliphatic hydroxyl groups excluding tert-OH is 1. The lowest BCUT2D eigenvalue weighted by molar-refractivity contribution is -0.137. The lowest BCUT2D eigenvalue weighted by Crippen LogP contribution is -2.12. The Bertz CT molecular complexity index is 843. The molecule has 3 aromatic rings. The maximum atomic E-state index is 12.6. The van der Waals surface area contributed by atoms with Crippen molar-refractivity contribution in [1.82, 2.24) is 14.6 Å². The standard InChI is InChI=1S/C16H15F3N4O/c1-10(12-2-4-13(5-3-12)16(17,18)19)22-15-7-11(8-24)6-14-20-9-21-23(14)15/h2-7,9-10,22,24H,8H2,1H3. The monoisotopic (exact) mass is 336 g/mol. The Hall–Kier alpha value is -2.61. The molecule has 0 fully saturated rings. The summed E-state index contributed by atoms with van der Waals surface area (Å²) < 4.78 is 39.5. The molecule has 1 atom stereocenters. The minimum atomic E-state index is -4.35. The first-order valence-electron chi connectivity index (χ1n) is 7.25. The maximum absolute atomic E-state index is 12.6. The third kappa shape index (κ3) is 3.18. The lowest BCUT2D eigenvalue weighted by Gasteiger charge is -2.17. The van der Waals surface area contributed by atoms with Gasteiger partial charge in [-0.1, -0.05) is 12.1 Å². The van der Waals surface area contributed by atoms with Crippen molar-refractivity contribution in [1.29, 1.82) is 0 Å². The van der Waals surface area contributed by atoms with Crippen LogP contribution in [-0.4, -0.2) is 19.7 Å². The van der Waals surface area contributed by atoms with Crippen molar-refractivity contribution in [2.24, 2.45) is 0 Å². The summed E-state index contributed by atoms with van der Waals surface area (Å²) in [5.41, 5.74) is 1.26. The minimum absolute atomic E-state index is 0.146. The fourth-order valence-electron chi connectivity index (χ4n) is 2.44. The average Bonchev–Trinajstić information content (AvgIpc) is 3.02. The van der Waals surface area contributed by atoms with E-state index in [1.54, 1.807) is 16.6 Å². The molecule has 0 bridgehead atoms. The number of alkyl halides is 3. The summed E-state index contributed by atoms with van der Waals surface area (Å²) in [6.45, 7) is 1.68. The van der Waals surface area contributed by atoms with E-state index in [-0.39, 0.29) is 12.6 Å². The molecule has 0 saturated heterocycles. The van der Waals surface area contributed by atoms with Gasteiger partial charge in [0, 0.05) is 6.04 Å². The van der Waals surface area contributed by atoms with E-state index in [1.807, 2.05) is 6.92 Å². The summed E-state index contributed by atoms with van der Waals surface area (Å²) in [4.78, 5) is 4.08. The van der Waals surface area contributed by atoms with Crippen molar-refractivity contribution in [2.75, 3.05) is 5.32 Å². The fourth-order valence-corrected chi connectivity index (χ4v) is 2.44. The van der Waals surface area contributed by atoms with Gasteiger partial charge in [-0.3, -0.25) is 0 Å². The van der Waals surface area contributed by atoms with Crippen molar-refractivity contribution < 1.29 is 18.3 Å². The SMILES string of the molecule is CC(Nc1cc(CO)cc2ncnn12)c1ccc(C(F)(F)F)cc1. The van der Waals surface area contributed by atoms with Crippen molar-refractivity contribution in [2.45, 2.75) is 25.7 Å². The van der Waals surface area contributed by atoms with Gasteiger partial charge in [0.1, 0.15) is 12.1 Å². The van der Waals surface area contributed by atoms with Gasteiger partial charge in [-0.15, -0.1) is 0 Å². The van der Waals surface area contributed by atoms with E-state index in [0.29, 0.717) is 22.6 Å². The Morgan fingerprint density at radius 1 is 1.21 bits per heavy atom. The topological polar surface area (TPSA) is 62.5 Å². The number of pyridine rings is 1. The number of rotatable bonds is 4. The number of aromatic nitrogens is 3. The summed E-state index contributed by atoms with van der Waals surface area (Å²) >= 11 is 0. The van der Waals surface area contributed by atoms with Crippen LogP contribution in [0.15, 0.2) is 42.7 Å². The molecular weight excluding hydrogens is 321 g/mol. The van der Waals surface area contributed by atoms with Crippen LogP contribution in [0.2, 0.25) is 0 Å². The third-order valence-electron chi connectivity index (χ3n) is 3.72. The molecule has 0 radical (unpaired) electrons. The highest BCUT2D eigenvalue weighted by Gasteiger charge is 2.30. The van der Waals surface area contributed by atoms with Crippen LogP contribution < -0.4 is 5.32 Å². The van der Waals surface area contributed by atoms with Gasteiger partial charge in [0.15, 0.2) is 5.65 Å². The van der Waals surface area contributed by atoms with E-state index in [2.05, 4.69) is 15.4 Å². The van der Waals surface area contributed by atoms with Crippen LogP contribution in [0.4, 0.5) is 19.0 Å². The number of hydrogen-bond donors (Lipinski definition) is 2. The van der Waals surface area contributed by atoms with Crippen molar-refractivity contribution in [3.05, 3.63) is 59.4 Å². The molecule has 0 saturated carbocycles. The molecule has 5 nitrogen and oxygen atoms in total. The van der Waals surface area contributed by atoms with Crippen molar-refractivity contribution in [3.63, 3.8) is 0 Å². The van der Waals surface area contributed by atoms with Crippen LogP contribution in [0.25, 0.3) is 5.65 Å². The molecule has 1 unspecified atom stereocenters. The van der Waals surface area contributed by atoms with E-state index in [0.717, 1.165) is 12.1 Å². The number of aliphatic hydroxyl groups is 1. The van der Waals surface area contributed by atoms with Crippen LogP contribution in [0.1, 0.15) is 29.7 Å². The fraction of sp³-hybridized carbons (Fsp3) is 0.250. The summed E-state index contributed by atoms with van der Waals surface area (Å²) in [7, 11) is 0. The van der Waals surface area contributed by atoms with Crippen molar-refractivity contribution >= 4 is 11.5 Å². The van der Waals surface area contributed by atoms with Gasteiger partial charge < -0.3 is 10.4 Å². The first-order chi connectivity index (χ1) is 11.4. The zero-order valence-corrected chi connectivity index (χ0v) is 12.7. The molecule has 8 heteroatoms. The van der Waals surface area contributed by atoms with Gasteiger partial charge in [-0.05, 0) is 42.3 Å². The number of halogens is 3. The first-order valence-corrected chi connectivity index (χ1v) is 7.25. The second-order valence-corrected chi connectivity index (χ2v) is 5.42. The molecule has 0 aliphatic carbocycles. The van der Waals surface area contributed by atoms with Gasteiger partial charge in [0.2, 0.25) is 0 Å². The van der Waals surface area contributed by atoms with Gasteiger partial charge in [-0.2, -0.15) is 22.8 Å². The third-order valence-corrected chi connectivity index (χ3v) is 3.72. The molecule has 0 spiro atoms. The highest BCUT2D eigenvalue weighted by molar-refractivity contribution is 5.52. The lowest BCUT2D eigenvalue weighted by atomic mass is 10.1. The van der Waals surface area contributed by atoms with Crippen molar-refractivity contribution in [3.8, 4) is 0 Å². The van der Waals surface area contributed by atoms with E-state index in [1.165, 1.54) is 18.5 Å². The quantitative estimate of drug-likeness (QED) is 0.766. The molecule has 0 aliphatic rings. The number of hydrogen-bond acceptors (Lipinski definition) is 4. The number of anilines is 1. The Morgan fingerprint density at radius 2 is 1.92 bits per heavy atom. The van der Waals surface area contributed by atoms with E-state index < -0.39 is 11.7 Å². The molecule has 126 valence electrons. The summed E-state index contributed by atoms with van der Waals surface area (Å²) in [6.07, 6.45) is -2.96. The normalized spacial score (nSPS) is 13.2. The summed E-state index contributed by atoms with van der Waals surface area (Å²) in [5, 5.41) is 16.6. The highest BCUT2D eigenvalue weighted by Crippen LogP contribution is 2.30. The van der Waals surface area contributed by atoms with Gasteiger partial charge in [-0.25, -0.2) is 4.98 Å². The molecule has 1 aromatic carbocycles. The highest BCUT2D eigenvalue weighted by atomic mass is 19.4. The number of fused-ring (bicyclic) bond motifs is 1. The molecular formula is C16H15F3N4O. The second-order valence-electron chi connectivity index (χ2n) is 5.42. The number of nitrogens with one attached hydrogen (secondary N) is 1.